The minimum absolute atomic E-state index is 0.0402. The number of carbonyl (C=O) groups excluding carboxylic acids is 2. The third-order valence-electron chi connectivity index (χ3n) is 4.14. The first-order chi connectivity index (χ1) is 10.6. The lowest BCUT2D eigenvalue weighted by atomic mass is 10.0. The van der Waals surface area contributed by atoms with E-state index in [4.69, 9.17) is 9.47 Å². The molecule has 0 saturated carbocycles. The average Bonchev–Trinajstić information content (AvgIpc) is 3.04. The molecule has 3 rings (SSSR count). The van der Waals surface area contributed by atoms with Crippen LogP contribution in [0.1, 0.15) is 12.8 Å². The van der Waals surface area contributed by atoms with Crippen molar-refractivity contribution in [2.45, 2.75) is 18.4 Å². The van der Waals surface area contributed by atoms with E-state index in [9.17, 15) is 9.59 Å². The molecule has 0 bridgehead atoms. The predicted molar refractivity (Wildman–Crippen MR) is 79.6 cm³/mol. The molecule has 1 atom stereocenters. The number of hydrogen-bond donors (Lipinski definition) is 0. The summed E-state index contributed by atoms with van der Waals surface area (Å²) in [6, 6.07) is 9.44. The van der Waals surface area contributed by atoms with Crippen molar-refractivity contribution in [2.75, 3.05) is 33.3 Å². The molecule has 2 fully saturated rings. The van der Waals surface area contributed by atoms with Gasteiger partial charge in [-0.15, -0.1) is 0 Å². The van der Waals surface area contributed by atoms with E-state index in [1.165, 1.54) is 0 Å². The Morgan fingerprint density at radius 2 is 2.09 bits per heavy atom. The second-order valence-corrected chi connectivity index (χ2v) is 5.88. The second kappa shape index (κ2) is 5.87. The summed E-state index contributed by atoms with van der Waals surface area (Å²) >= 11 is 0. The average molecular weight is 304 g/mol. The molecule has 6 heteroatoms. The maximum absolute atomic E-state index is 12.2. The van der Waals surface area contributed by atoms with E-state index in [-0.39, 0.29) is 12.0 Å². The predicted octanol–water partition coefficient (Wildman–Crippen LogP) is 1.51. The Kier molecular flexibility index (Phi) is 3.92. The van der Waals surface area contributed by atoms with E-state index >= 15 is 0 Å². The second-order valence-electron chi connectivity index (χ2n) is 5.88. The molecule has 2 saturated heterocycles. The van der Waals surface area contributed by atoms with Crippen LogP contribution < -0.4 is 4.74 Å². The lowest BCUT2D eigenvalue weighted by molar-refractivity contribution is -0.131. The molecule has 1 spiro atoms. The van der Waals surface area contributed by atoms with Gasteiger partial charge in [0.15, 0.2) is 5.60 Å². The smallest absolute Gasteiger partial charge is 0.410 e. The highest BCUT2D eigenvalue weighted by Gasteiger charge is 2.49. The van der Waals surface area contributed by atoms with Crippen molar-refractivity contribution in [1.29, 1.82) is 0 Å². The van der Waals surface area contributed by atoms with Crippen molar-refractivity contribution in [3.63, 3.8) is 0 Å². The molecule has 0 unspecified atom stereocenters. The van der Waals surface area contributed by atoms with Crippen LogP contribution in [-0.2, 0) is 9.53 Å². The molecule has 22 heavy (non-hydrogen) atoms. The van der Waals surface area contributed by atoms with Crippen LogP contribution in [0.15, 0.2) is 30.3 Å². The molecule has 2 aliphatic heterocycles. The minimum atomic E-state index is -0.512. The highest BCUT2D eigenvalue weighted by Crippen LogP contribution is 2.31. The van der Waals surface area contributed by atoms with Gasteiger partial charge in [-0.2, -0.15) is 0 Å². The summed E-state index contributed by atoms with van der Waals surface area (Å²) in [5, 5.41) is 0. The zero-order valence-electron chi connectivity index (χ0n) is 12.7. The zero-order valence-corrected chi connectivity index (χ0v) is 12.7. The van der Waals surface area contributed by atoms with Crippen LogP contribution in [0.5, 0.6) is 5.75 Å². The van der Waals surface area contributed by atoms with Gasteiger partial charge in [0.25, 0.3) is 0 Å². The van der Waals surface area contributed by atoms with Crippen LogP contribution in [0.25, 0.3) is 0 Å². The molecule has 2 aliphatic rings. The third-order valence-corrected chi connectivity index (χ3v) is 4.14. The summed E-state index contributed by atoms with van der Waals surface area (Å²) in [4.78, 5) is 27.1. The SMILES string of the molecule is CN1C[C@]2(CCN(C(=O)CCOc3ccccc3)C2)OC1=O. The lowest BCUT2D eigenvalue weighted by Gasteiger charge is -2.21. The van der Waals surface area contributed by atoms with Gasteiger partial charge in [-0.25, -0.2) is 4.79 Å². The highest BCUT2D eigenvalue weighted by atomic mass is 16.6. The van der Waals surface area contributed by atoms with Crippen molar-refractivity contribution in [2.24, 2.45) is 0 Å². The number of likely N-dealkylation sites (tertiary alicyclic amines) is 1. The summed E-state index contributed by atoms with van der Waals surface area (Å²) < 4.78 is 11.0. The van der Waals surface area contributed by atoms with Crippen LogP contribution in [0.2, 0.25) is 0 Å². The molecule has 2 amide bonds. The summed E-state index contributed by atoms with van der Waals surface area (Å²) in [7, 11) is 1.72. The largest absolute Gasteiger partial charge is 0.493 e. The van der Waals surface area contributed by atoms with Gasteiger partial charge in [-0.3, -0.25) is 4.79 Å². The van der Waals surface area contributed by atoms with Crippen molar-refractivity contribution in [3.05, 3.63) is 30.3 Å². The standard InChI is InChI=1S/C16H20N2O4/c1-17-11-16(22-15(17)20)8-9-18(12-16)14(19)7-10-21-13-5-3-2-4-6-13/h2-6H,7-12H2,1H3/t16-/m0/s1. The quantitative estimate of drug-likeness (QED) is 0.846. The number of para-hydroxylation sites is 1. The first-order valence-corrected chi connectivity index (χ1v) is 7.48. The Hall–Kier alpha value is -2.24. The Morgan fingerprint density at radius 1 is 1.32 bits per heavy atom. The molecule has 2 heterocycles. The fraction of sp³-hybridized carbons (Fsp3) is 0.500. The number of ether oxygens (including phenoxy) is 2. The number of amides is 2. The Balaban J connectivity index is 1.47. The summed E-state index contributed by atoms with van der Waals surface area (Å²) in [5.74, 6) is 0.804. The monoisotopic (exact) mass is 304 g/mol. The molecule has 118 valence electrons. The molecular weight excluding hydrogens is 284 g/mol. The van der Waals surface area contributed by atoms with Gasteiger partial charge >= 0.3 is 6.09 Å². The molecule has 0 N–H and O–H groups in total. The number of carbonyl (C=O) groups is 2. The maximum Gasteiger partial charge on any atom is 0.410 e. The van der Waals surface area contributed by atoms with Crippen LogP contribution in [0, 0.1) is 0 Å². The van der Waals surface area contributed by atoms with Crippen LogP contribution in [0.3, 0.4) is 0 Å². The van der Waals surface area contributed by atoms with Gasteiger partial charge in [-0.1, -0.05) is 18.2 Å². The normalized spacial score (nSPS) is 24.0. The number of hydrogen-bond acceptors (Lipinski definition) is 4. The summed E-state index contributed by atoms with van der Waals surface area (Å²) in [6.45, 7) is 2.01. The van der Waals surface area contributed by atoms with Crippen molar-refractivity contribution in [3.8, 4) is 5.75 Å². The Labute approximate surface area is 129 Å². The number of likely N-dealkylation sites (N-methyl/N-ethyl adjacent to an activating group) is 1. The maximum atomic E-state index is 12.2. The zero-order chi connectivity index (χ0) is 15.6. The number of benzene rings is 1. The van der Waals surface area contributed by atoms with E-state index in [2.05, 4.69) is 0 Å². The first-order valence-electron chi connectivity index (χ1n) is 7.48. The van der Waals surface area contributed by atoms with E-state index < -0.39 is 5.60 Å². The minimum Gasteiger partial charge on any atom is -0.493 e. The number of rotatable bonds is 4. The molecule has 6 nitrogen and oxygen atoms in total. The molecular formula is C16H20N2O4. The summed E-state index contributed by atoms with van der Waals surface area (Å²) in [5.41, 5.74) is -0.512. The van der Waals surface area contributed by atoms with Crippen LogP contribution in [0.4, 0.5) is 4.79 Å². The highest BCUT2D eigenvalue weighted by molar-refractivity contribution is 5.77. The van der Waals surface area contributed by atoms with Crippen molar-refractivity contribution >= 4 is 12.0 Å². The van der Waals surface area contributed by atoms with Gasteiger partial charge in [-0.05, 0) is 12.1 Å². The first kappa shape index (κ1) is 14.7. The van der Waals surface area contributed by atoms with Crippen molar-refractivity contribution < 1.29 is 19.1 Å². The van der Waals surface area contributed by atoms with Crippen LogP contribution in [-0.4, -0.2) is 60.7 Å². The third kappa shape index (κ3) is 3.00. The van der Waals surface area contributed by atoms with Gasteiger partial charge in [0.05, 0.1) is 26.1 Å². The molecule has 1 aromatic carbocycles. The van der Waals surface area contributed by atoms with Crippen molar-refractivity contribution in [1.82, 2.24) is 9.80 Å². The molecule has 0 radical (unpaired) electrons. The van der Waals surface area contributed by atoms with Crippen LogP contribution >= 0.6 is 0 Å². The van der Waals surface area contributed by atoms with Gasteiger partial charge < -0.3 is 19.3 Å². The molecule has 0 aliphatic carbocycles. The summed E-state index contributed by atoms with van der Waals surface area (Å²) in [6.07, 6.45) is 0.727. The Bertz CT molecular complexity index is 563. The molecule has 0 aromatic heterocycles. The fourth-order valence-corrected chi connectivity index (χ4v) is 2.99. The lowest BCUT2D eigenvalue weighted by Crippen LogP contribution is -2.39. The molecule has 1 aromatic rings. The van der Waals surface area contributed by atoms with E-state index in [0.29, 0.717) is 39.1 Å². The van der Waals surface area contributed by atoms with Gasteiger partial charge in [0.1, 0.15) is 5.75 Å². The van der Waals surface area contributed by atoms with E-state index in [1.807, 2.05) is 30.3 Å². The van der Waals surface area contributed by atoms with E-state index in [0.717, 1.165) is 5.75 Å². The Morgan fingerprint density at radius 3 is 2.77 bits per heavy atom. The van der Waals surface area contributed by atoms with Gasteiger partial charge in [0.2, 0.25) is 5.91 Å². The fourth-order valence-electron chi connectivity index (χ4n) is 2.99. The van der Waals surface area contributed by atoms with E-state index in [1.54, 1.807) is 16.8 Å². The number of nitrogens with zero attached hydrogens (tertiary/aromatic N) is 2. The van der Waals surface area contributed by atoms with Gasteiger partial charge in [0, 0.05) is 20.0 Å². The topological polar surface area (TPSA) is 59.1 Å².